The summed E-state index contributed by atoms with van der Waals surface area (Å²) in [5.74, 6) is -0.640. The van der Waals surface area contributed by atoms with Crippen molar-refractivity contribution < 1.29 is 23.9 Å². The number of likely N-dealkylation sites (N-methyl/N-ethyl adjacent to an activating group) is 1. The number of esters is 1. The molecule has 2 amide bonds. The van der Waals surface area contributed by atoms with Crippen LogP contribution in [-0.4, -0.2) is 48.1 Å². The Morgan fingerprint density at radius 1 is 1.10 bits per heavy atom. The zero-order chi connectivity index (χ0) is 22.0. The zero-order valence-electron chi connectivity index (χ0n) is 18.4. The van der Waals surface area contributed by atoms with Crippen LogP contribution in [0.5, 0.6) is 0 Å². The molecule has 29 heavy (non-hydrogen) atoms. The van der Waals surface area contributed by atoms with Gasteiger partial charge in [0.15, 0.2) is 0 Å². The SMILES string of the molecule is CN[C@@H](CC(C)C)C(=O)N(CCC(=O)OCc1ccccc1)C(=O)OC(C)(C)C. The van der Waals surface area contributed by atoms with Gasteiger partial charge in [0.05, 0.1) is 12.5 Å². The van der Waals surface area contributed by atoms with Crippen molar-refractivity contribution in [3.8, 4) is 0 Å². The fourth-order valence-corrected chi connectivity index (χ4v) is 2.62. The first-order valence-corrected chi connectivity index (χ1v) is 9.94. The molecule has 0 radical (unpaired) electrons. The number of benzene rings is 1. The monoisotopic (exact) mass is 406 g/mol. The molecule has 1 aromatic rings. The Morgan fingerprint density at radius 2 is 1.72 bits per heavy atom. The zero-order valence-corrected chi connectivity index (χ0v) is 18.4. The van der Waals surface area contributed by atoms with Crippen LogP contribution in [-0.2, 0) is 25.7 Å². The maximum Gasteiger partial charge on any atom is 0.417 e. The number of imide groups is 1. The Morgan fingerprint density at radius 3 is 2.24 bits per heavy atom. The van der Waals surface area contributed by atoms with Crippen LogP contribution in [0.25, 0.3) is 0 Å². The molecule has 0 aliphatic rings. The van der Waals surface area contributed by atoms with Crippen molar-refractivity contribution in [2.45, 2.75) is 65.7 Å². The molecule has 1 rings (SSSR count). The lowest BCUT2D eigenvalue weighted by Crippen LogP contribution is -2.50. The summed E-state index contributed by atoms with van der Waals surface area (Å²) < 4.78 is 10.6. The van der Waals surface area contributed by atoms with Crippen LogP contribution < -0.4 is 5.32 Å². The highest BCUT2D eigenvalue weighted by Gasteiger charge is 2.32. The minimum Gasteiger partial charge on any atom is -0.461 e. The van der Waals surface area contributed by atoms with E-state index in [2.05, 4.69) is 5.32 Å². The van der Waals surface area contributed by atoms with Gasteiger partial charge in [-0.3, -0.25) is 9.59 Å². The normalized spacial score (nSPS) is 12.4. The molecular weight excluding hydrogens is 372 g/mol. The first kappa shape index (κ1) is 24.6. The van der Waals surface area contributed by atoms with Gasteiger partial charge in [-0.15, -0.1) is 0 Å². The number of hydrogen-bond acceptors (Lipinski definition) is 6. The summed E-state index contributed by atoms with van der Waals surface area (Å²) >= 11 is 0. The van der Waals surface area contributed by atoms with Crippen molar-refractivity contribution in [1.82, 2.24) is 10.2 Å². The van der Waals surface area contributed by atoms with E-state index in [9.17, 15) is 14.4 Å². The second kappa shape index (κ2) is 11.6. The number of hydrogen-bond donors (Lipinski definition) is 1. The van der Waals surface area contributed by atoms with Gasteiger partial charge in [-0.1, -0.05) is 44.2 Å². The average molecular weight is 407 g/mol. The maximum atomic E-state index is 12.9. The summed E-state index contributed by atoms with van der Waals surface area (Å²) in [6.07, 6.45) is -0.300. The van der Waals surface area contributed by atoms with E-state index in [1.165, 1.54) is 0 Å². The van der Waals surface area contributed by atoms with Gasteiger partial charge in [0.25, 0.3) is 0 Å². The van der Waals surface area contributed by atoms with Crippen LogP contribution in [0.15, 0.2) is 30.3 Å². The fraction of sp³-hybridized carbons (Fsp3) is 0.591. The summed E-state index contributed by atoms with van der Waals surface area (Å²) in [6.45, 7) is 9.22. The van der Waals surface area contributed by atoms with Crippen LogP contribution in [0.3, 0.4) is 0 Å². The molecule has 162 valence electrons. The molecule has 1 aromatic carbocycles. The highest BCUT2D eigenvalue weighted by molar-refractivity contribution is 5.95. The lowest BCUT2D eigenvalue weighted by atomic mass is 10.0. The minimum atomic E-state index is -0.762. The van der Waals surface area contributed by atoms with E-state index in [4.69, 9.17) is 9.47 Å². The van der Waals surface area contributed by atoms with Gasteiger partial charge in [-0.2, -0.15) is 0 Å². The summed E-state index contributed by atoms with van der Waals surface area (Å²) in [4.78, 5) is 38.7. The molecule has 7 nitrogen and oxygen atoms in total. The molecule has 1 atom stereocenters. The molecule has 0 bridgehead atoms. The number of amides is 2. The van der Waals surface area contributed by atoms with Crippen molar-refractivity contribution in [3.63, 3.8) is 0 Å². The molecule has 7 heteroatoms. The number of rotatable bonds is 9. The van der Waals surface area contributed by atoms with E-state index in [1.54, 1.807) is 27.8 Å². The molecule has 0 unspecified atom stereocenters. The molecule has 0 heterocycles. The molecule has 0 aliphatic heterocycles. The Labute approximate surface area is 173 Å². The lowest BCUT2D eigenvalue weighted by Gasteiger charge is -2.29. The lowest BCUT2D eigenvalue weighted by molar-refractivity contribution is -0.145. The Kier molecular flexibility index (Phi) is 9.81. The molecule has 0 spiro atoms. The summed E-state index contributed by atoms with van der Waals surface area (Å²) in [5.41, 5.74) is 0.115. The van der Waals surface area contributed by atoms with E-state index in [0.29, 0.717) is 6.42 Å². The van der Waals surface area contributed by atoms with Crippen LogP contribution in [0, 0.1) is 5.92 Å². The first-order chi connectivity index (χ1) is 13.5. The van der Waals surface area contributed by atoms with E-state index in [0.717, 1.165) is 10.5 Å². The fourth-order valence-electron chi connectivity index (χ4n) is 2.62. The van der Waals surface area contributed by atoms with Gasteiger partial charge >= 0.3 is 12.1 Å². The first-order valence-electron chi connectivity index (χ1n) is 9.94. The molecule has 1 N–H and O–H groups in total. The Bertz CT molecular complexity index is 668. The van der Waals surface area contributed by atoms with Gasteiger partial charge in [0.1, 0.15) is 12.2 Å². The van der Waals surface area contributed by atoms with E-state index in [1.807, 2.05) is 44.2 Å². The van der Waals surface area contributed by atoms with Crippen molar-refractivity contribution in [2.24, 2.45) is 5.92 Å². The molecule has 0 aromatic heterocycles. The third-order valence-electron chi connectivity index (χ3n) is 4.02. The van der Waals surface area contributed by atoms with Crippen molar-refractivity contribution in [1.29, 1.82) is 0 Å². The molecule has 0 aliphatic carbocycles. The number of nitrogens with zero attached hydrogens (tertiary/aromatic N) is 1. The van der Waals surface area contributed by atoms with Gasteiger partial charge in [0, 0.05) is 6.54 Å². The van der Waals surface area contributed by atoms with Crippen LogP contribution in [0.2, 0.25) is 0 Å². The van der Waals surface area contributed by atoms with Gasteiger partial charge in [-0.25, -0.2) is 9.69 Å². The highest BCUT2D eigenvalue weighted by atomic mass is 16.6. The van der Waals surface area contributed by atoms with E-state index in [-0.39, 0.29) is 25.5 Å². The van der Waals surface area contributed by atoms with E-state index < -0.39 is 29.6 Å². The second-order valence-electron chi connectivity index (χ2n) is 8.34. The van der Waals surface area contributed by atoms with Gasteiger partial charge in [-0.05, 0) is 45.7 Å². The van der Waals surface area contributed by atoms with E-state index >= 15 is 0 Å². The van der Waals surface area contributed by atoms with Crippen molar-refractivity contribution in [2.75, 3.05) is 13.6 Å². The topological polar surface area (TPSA) is 84.9 Å². The van der Waals surface area contributed by atoms with Crippen LogP contribution >= 0.6 is 0 Å². The Hall–Kier alpha value is -2.41. The Balaban J connectivity index is 2.78. The highest BCUT2D eigenvalue weighted by Crippen LogP contribution is 2.14. The number of nitrogens with one attached hydrogen (secondary N) is 1. The largest absolute Gasteiger partial charge is 0.461 e. The third kappa shape index (κ3) is 9.56. The summed E-state index contributed by atoms with van der Waals surface area (Å²) in [6, 6.07) is 8.77. The molecule has 0 fully saturated rings. The van der Waals surface area contributed by atoms with Crippen molar-refractivity contribution in [3.05, 3.63) is 35.9 Å². The molecular formula is C22H34N2O5. The summed E-state index contributed by atoms with van der Waals surface area (Å²) in [7, 11) is 1.67. The maximum absolute atomic E-state index is 12.9. The summed E-state index contributed by atoms with van der Waals surface area (Å²) in [5, 5.41) is 2.95. The number of carbonyl (C=O) groups excluding carboxylic acids is 3. The van der Waals surface area contributed by atoms with Gasteiger partial charge in [0.2, 0.25) is 5.91 Å². The average Bonchev–Trinajstić information content (AvgIpc) is 2.63. The number of carbonyl (C=O) groups is 3. The molecule has 0 saturated carbocycles. The molecule has 0 saturated heterocycles. The smallest absolute Gasteiger partial charge is 0.417 e. The third-order valence-corrected chi connectivity index (χ3v) is 4.02. The quantitative estimate of drug-likeness (QED) is 0.632. The van der Waals surface area contributed by atoms with Gasteiger partial charge < -0.3 is 14.8 Å². The van der Waals surface area contributed by atoms with Crippen LogP contribution in [0.4, 0.5) is 4.79 Å². The predicted molar refractivity (Wildman–Crippen MR) is 111 cm³/mol. The van der Waals surface area contributed by atoms with Crippen molar-refractivity contribution >= 4 is 18.0 Å². The standard InChI is InChI=1S/C22H34N2O5/c1-16(2)14-18(23-6)20(26)24(21(27)29-22(3,4)5)13-12-19(25)28-15-17-10-8-7-9-11-17/h7-11,16,18,23H,12-15H2,1-6H3/t18-/m0/s1. The number of ether oxygens (including phenoxy) is 2. The van der Waals surface area contributed by atoms with Crippen LogP contribution in [0.1, 0.15) is 53.0 Å². The minimum absolute atomic E-state index is 0.0996. The predicted octanol–water partition coefficient (Wildman–Crippen LogP) is 3.52. The second-order valence-corrected chi connectivity index (χ2v) is 8.34.